The Morgan fingerprint density at radius 3 is 2.15 bits per heavy atom. The number of aryl methyl sites for hydroxylation is 2. The van der Waals surface area contributed by atoms with E-state index < -0.39 is 0 Å². The van der Waals surface area contributed by atoms with Gasteiger partial charge in [-0.3, -0.25) is 4.79 Å². The summed E-state index contributed by atoms with van der Waals surface area (Å²) < 4.78 is 10.6. The van der Waals surface area contributed by atoms with Crippen molar-refractivity contribution >= 4 is 6.29 Å². The highest BCUT2D eigenvalue weighted by molar-refractivity contribution is 5.90. The number of carbonyl (C=O) groups excluding carboxylic acids is 1. The molecule has 2 aromatic carbocycles. The van der Waals surface area contributed by atoms with Crippen molar-refractivity contribution in [3.8, 4) is 22.6 Å². The zero-order valence-electron chi connectivity index (χ0n) is 12.2. The number of ether oxygens (including phenoxy) is 2. The van der Waals surface area contributed by atoms with Crippen LogP contribution in [0.2, 0.25) is 0 Å². The summed E-state index contributed by atoms with van der Waals surface area (Å²) in [6, 6.07) is 9.74. The summed E-state index contributed by atoms with van der Waals surface area (Å²) in [4.78, 5) is 11.4. The quantitative estimate of drug-likeness (QED) is 0.793. The average molecular weight is 270 g/mol. The molecule has 0 N–H and O–H groups in total. The van der Waals surface area contributed by atoms with Crippen LogP contribution in [0, 0.1) is 13.8 Å². The summed E-state index contributed by atoms with van der Waals surface area (Å²) in [5, 5.41) is 0. The zero-order chi connectivity index (χ0) is 14.7. The van der Waals surface area contributed by atoms with E-state index in [4.69, 9.17) is 9.47 Å². The molecule has 0 heterocycles. The van der Waals surface area contributed by atoms with Gasteiger partial charge in [0, 0.05) is 5.56 Å². The lowest BCUT2D eigenvalue weighted by molar-refractivity contribution is 0.112. The topological polar surface area (TPSA) is 35.5 Å². The second-order valence-electron chi connectivity index (χ2n) is 4.73. The molecule has 0 aliphatic carbocycles. The number of aldehydes is 1. The molecule has 2 aromatic rings. The summed E-state index contributed by atoms with van der Waals surface area (Å²) in [7, 11) is 3.15. The number of carbonyl (C=O) groups is 1. The van der Waals surface area contributed by atoms with Gasteiger partial charge in [-0.2, -0.15) is 0 Å². The first-order valence-corrected chi connectivity index (χ1v) is 6.39. The summed E-state index contributed by atoms with van der Waals surface area (Å²) in [5.41, 5.74) is 4.76. The predicted molar refractivity (Wildman–Crippen MR) is 79.8 cm³/mol. The van der Waals surface area contributed by atoms with Crippen molar-refractivity contribution in [3.05, 3.63) is 47.0 Å². The van der Waals surface area contributed by atoms with E-state index in [1.165, 1.54) is 0 Å². The molecule has 0 bridgehead atoms. The first-order chi connectivity index (χ1) is 9.60. The molecule has 2 rings (SSSR count). The molecule has 20 heavy (non-hydrogen) atoms. The van der Waals surface area contributed by atoms with Crippen LogP contribution in [-0.2, 0) is 0 Å². The normalized spacial score (nSPS) is 10.2. The van der Waals surface area contributed by atoms with Crippen LogP contribution in [0.1, 0.15) is 21.5 Å². The molecule has 0 amide bonds. The highest BCUT2D eigenvalue weighted by Gasteiger charge is 2.13. The van der Waals surface area contributed by atoms with Gasteiger partial charge in [0.25, 0.3) is 0 Å². The molecule has 0 aliphatic heterocycles. The monoisotopic (exact) mass is 270 g/mol. The van der Waals surface area contributed by atoms with Gasteiger partial charge in [-0.15, -0.1) is 0 Å². The van der Waals surface area contributed by atoms with Gasteiger partial charge in [-0.25, -0.2) is 0 Å². The largest absolute Gasteiger partial charge is 0.493 e. The van der Waals surface area contributed by atoms with Gasteiger partial charge in [-0.05, 0) is 42.7 Å². The van der Waals surface area contributed by atoms with Crippen LogP contribution in [0.4, 0.5) is 0 Å². The van der Waals surface area contributed by atoms with Gasteiger partial charge >= 0.3 is 0 Å². The van der Waals surface area contributed by atoms with Crippen molar-refractivity contribution in [2.45, 2.75) is 13.8 Å². The lowest BCUT2D eigenvalue weighted by Gasteiger charge is -2.14. The minimum atomic E-state index is 0.559. The molecule has 0 saturated carbocycles. The van der Waals surface area contributed by atoms with E-state index in [0.29, 0.717) is 17.1 Å². The maximum absolute atomic E-state index is 11.4. The summed E-state index contributed by atoms with van der Waals surface area (Å²) in [5.74, 6) is 1.18. The number of hydrogen-bond acceptors (Lipinski definition) is 3. The number of rotatable bonds is 4. The van der Waals surface area contributed by atoms with Crippen LogP contribution in [0.3, 0.4) is 0 Å². The van der Waals surface area contributed by atoms with E-state index in [1.807, 2.05) is 19.9 Å². The molecule has 0 unspecified atom stereocenters. The van der Waals surface area contributed by atoms with Crippen molar-refractivity contribution in [1.29, 1.82) is 0 Å². The molecule has 0 radical (unpaired) electrons. The molecule has 0 saturated heterocycles. The van der Waals surface area contributed by atoms with E-state index in [1.54, 1.807) is 20.3 Å². The molecule has 3 nitrogen and oxygen atoms in total. The number of hydrogen-bond donors (Lipinski definition) is 0. The van der Waals surface area contributed by atoms with E-state index in [9.17, 15) is 4.79 Å². The van der Waals surface area contributed by atoms with E-state index in [0.717, 1.165) is 28.5 Å². The van der Waals surface area contributed by atoms with Crippen molar-refractivity contribution in [2.24, 2.45) is 0 Å². The third-order valence-corrected chi connectivity index (χ3v) is 3.37. The highest BCUT2D eigenvalue weighted by atomic mass is 16.5. The van der Waals surface area contributed by atoms with Crippen molar-refractivity contribution in [2.75, 3.05) is 14.2 Å². The summed E-state index contributed by atoms with van der Waals surface area (Å²) in [6.07, 6.45) is 0.846. The number of benzene rings is 2. The van der Waals surface area contributed by atoms with Crippen LogP contribution < -0.4 is 9.47 Å². The maximum atomic E-state index is 11.4. The third-order valence-electron chi connectivity index (χ3n) is 3.37. The highest BCUT2D eigenvalue weighted by Crippen LogP contribution is 2.36. The van der Waals surface area contributed by atoms with E-state index in [-0.39, 0.29) is 0 Å². The van der Waals surface area contributed by atoms with Gasteiger partial charge in [0.15, 0.2) is 17.8 Å². The van der Waals surface area contributed by atoms with Crippen LogP contribution in [-0.4, -0.2) is 20.5 Å². The first kappa shape index (κ1) is 14.1. The Bertz CT molecular complexity index is 645. The van der Waals surface area contributed by atoms with Crippen LogP contribution in [0.15, 0.2) is 30.3 Å². The van der Waals surface area contributed by atoms with Crippen LogP contribution >= 0.6 is 0 Å². The fourth-order valence-corrected chi connectivity index (χ4v) is 2.25. The molecular weight excluding hydrogens is 252 g/mol. The third kappa shape index (κ3) is 2.52. The summed E-state index contributed by atoms with van der Waals surface area (Å²) >= 11 is 0. The SMILES string of the molecule is COc1cc(C=O)c(-c2cc(C)ccc2C)cc1OC. The molecule has 0 aromatic heterocycles. The van der Waals surface area contributed by atoms with Crippen molar-refractivity contribution < 1.29 is 14.3 Å². The lowest BCUT2D eigenvalue weighted by Crippen LogP contribution is -1.96. The van der Waals surface area contributed by atoms with Crippen molar-refractivity contribution in [1.82, 2.24) is 0 Å². The Morgan fingerprint density at radius 1 is 0.900 bits per heavy atom. The molecular formula is C17H18O3. The zero-order valence-corrected chi connectivity index (χ0v) is 12.2. The Kier molecular flexibility index (Phi) is 4.08. The van der Waals surface area contributed by atoms with Gasteiger partial charge in [-0.1, -0.05) is 23.8 Å². The molecule has 0 fully saturated rings. The van der Waals surface area contributed by atoms with Gasteiger partial charge < -0.3 is 9.47 Å². The van der Waals surface area contributed by atoms with Crippen molar-refractivity contribution in [3.63, 3.8) is 0 Å². The second kappa shape index (κ2) is 5.78. The minimum absolute atomic E-state index is 0.559. The summed E-state index contributed by atoms with van der Waals surface area (Å²) in [6.45, 7) is 4.06. The predicted octanol–water partition coefficient (Wildman–Crippen LogP) is 3.80. The van der Waals surface area contributed by atoms with Crippen LogP contribution in [0.25, 0.3) is 11.1 Å². The molecule has 3 heteroatoms. The molecule has 0 aliphatic rings. The standard InChI is InChI=1S/C17H18O3/c1-11-5-6-12(2)14(7-11)15-9-17(20-4)16(19-3)8-13(15)10-18/h5-10H,1-4H3. The van der Waals surface area contributed by atoms with Gasteiger partial charge in [0.05, 0.1) is 14.2 Å². The van der Waals surface area contributed by atoms with E-state index in [2.05, 4.69) is 18.2 Å². The molecule has 104 valence electrons. The number of methoxy groups -OCH3 is 2. The Labute approximate surface area is 119 Å². The van der Waals surface area contributed by atoms with Gasteiger partial charge in [0.2, 0.25) is 0 Å². The average Bonchev–Trinajstić information content (AvgIpc) is 2.48. The Balaban J connectivity index is 2.72. The Hall–Kier alpha value is -2.29. The smallest absolute Gasteiger partial charge is 0.161 e. The lowest BCUT2D eigenvalue weighted by atomic mass is 9.94. The minimum Gasteiger partial charge on any atom is -0.493 e. The van der Waals surface area contributed by atoms with Gasteiger partial charge in [0.1, 0.15) is 0 Å². The fraction of sp³-hybridized carbons (Fsp3) is 0.235. The first-order valence-electron chi connectivity index (χ1n) is 6.39. The fourth-order valence-electron chi connectivity index (χ4n) is 2.25. The second-order valence-corrected chi connectivity index (χ2v) is 4.73. The maximum Gasteiger partial charge on any atom is 0.161 e. The van der Waals surface area contributed by atoms with Crippen LogP contribution in [0.5, 0.6) is 11.5 Å². The Morgan fingerprint density at radius 2 is 1.55 bits per heavy atom. The molecule has 0 atom stereocenters. The molecule has 0 spiro atoms. The van der Waals surface area contributed by atoms with E-state index >= 15 is 0 Å².